The molecule has 1 saturated heterocycles. The molecule has 0 amide bonds. The highest BCUT2D eigenvalue weighted by Gasteiger charge is 2.19. The monoisotopic (exact) mass is 359 g/mol. The van der Waals surface area contributed by atoms with E-state index in [0.29, 0.717) is 5.75 Å². The number of likely N-dealkylation sites (tertiary alicyclic amines) is 1. The van der Waals surface area contributed by atoms with Crippen LogP contribution in [0, 0.1) is 5.82 Å². The van der Waals surface area contributed by atoms with Crippen molar-refractivity contribution in [3.63, 3.8) is 0 Å². The lowest BCUT2D eigenvalue weighted by Gasteiger charge is -2.19. The Balaban J connectivity index is 1.81. The largest absolute Gasteiger partial charge is 0.493 e. The Morgan fingerprint density at radius 1 is 1.12 bits per heavy atom. The number of rotatable bonds is 4. The quantitative estimate of drug-likeness (QED) is 0.471. The van der Waals surface area contributed by atoms with Gasteiger partial charge in [-0.25, -0.2) is 9.18 Å². The number of methoxy groups -OCH3 is 1. The highest BCUT2D eigenvalue weighted by atomic mass is 32.1. The van der Waals surface area contributed by atoms with Crippen molar-refractivity contribution in [2.45, 2.75) is 12.8 Å². The molecule has 0 aliphatic carbocycles. The highest BCUT2D eigenvalue weighted by molar-refractivity contribution is 7.80. The van der Waals surface area contributed by atoms with Crippen molar-refractivity contribution in [3.8, 4) is 11.5 Å². The second kappa shape index (κ2) is 7.61. The summed E-state index contributed by atoms with van der Waals surface area (Å²) in [4.78, 5) is 15.1. The second-order valence-corrected chi connectivity index (χ2v) is 6.12. The van der Waals surface area contributed by atoms with Gasteiger partial charge in [0.1, 0.15) is 10.8 Å². The van der Waals surface area contributed by atoms with Crippen molar-refractivity contribution in [3.05, 3.63) is 59.4 Å². The molecule has 0 unspecified atom stereocenters. The summed E-state index contributed by atoms with van der Waals surface area (Å²) >= 11 is 5.53. The molecule has 2 aromatic carbocycles. The molecule has 1 aliphatic rings. The van der Waals surface area contributed by atoms with Crippen LogP contribution in [0.2, 0.25) is 0 Å². The number of ether oxygens (including phenoxy) is 2. The molecule has 3 rings (SSSR count). The first-order valence-electron chi connectivity index (χ1n) is 8.04. The zero-order chi connectivity index (χ0) is 17.8. The van der Waals surface area contributed by atoms with E-state index in [4.69, 9.17) is 21.7 Å². The number of hydrogen-bond donors (Lipinski definition) is 0. The third kappa shape index (κ3) is 3.79. The average Bonchev–Trinajstić information content (AvgIpc) is 3.16. The molecule has 6 heteroatoms. The van der Waals surface area contributed by atoms with Gasteiger partial charge in [-0.3, -0.25) is 0 Å². The van der Waals surface area contributed by atoms with Crippen LogP contribution in [0.15, 0.2) is 42.5 Å². The minimum absolute atomic E-state index is 0.124. The first-order chi connectivity index (χ1) is 12.1. The summed E-state index contributed by atoms with van der Waals surface area (Å²) in [5.74, 6) is -0.794. The van der Waals surface area contributed by atoms with Crippen LogP contribution < -0.4 is 9.47 Å². The average molecular weight is 359 g/mol. The number of nitrogens with zero attached hydrogens (tertiary/aromatic N) is 1. The molecule has 1 aliphatic heterocycles. The van der Waals surface area contributed by atoms with Crippen LogP contribution in [-0.2, 0) is 0 Å². The zero-order valence-corrected chi connectivity index (χ0v) is 14.6. The lowest BCUT2D eigenvalue weighted by atomic mass is 10.2. The summed E-state index contributed by atoms with van der Waals surface area (Å²) < 4.78 is 24.3. The van der Waals surface area contributed by atoms with E-state index in [2.05, 4.69) is 4.90 Å². The van der Waals surface area contributed by atoms with Crippen LogP contribution in [0.4, 0.5) is 4.39 Å². The van der Waals surface area contributed by atoms with E-state index >= 15 is 0 Å². The summed E-state index contributed by atoms with van der Waals surface area (Å²) in [6.45, 7) is 1.90. The van der Waals surface area contributed by atoms with Gasteiger partial charge < -0.3 is 14.4 Å². The molecule has 2 aromatic rings. The van der Waals surface area contributed by atoms with Crippen molar-refractivity contribution < 1.29 is 18.7 Å². The Labute approximate surface area is 151 Å². The van der Waals surface area contributed by atoms with Gasteiger partial charge in [0.15, 0.2) is 11.5 Å². The standard InChI is InChI=1S/C19H18FNO3S/c1-23-17-12-13(18(25)21-10-4-5-11-21)8-9-16(17)24-19(22)14-6-2-3-7-15(14)20/h2-3,6-9,12H,4-5,10-11H2,1H3. The number of esters is 1. The predicted molar refractivity (Wildman–Crippen MR) is 96.9 cm³/mol. The first-order valence-corrected chi connectivity index (χ1v) is 8.45. The van der Waals surface area contributed by atoms with Crippen LogP contribution in [-0.4, -0.2) is 36.1 Å². The highest BCUT2D eigenvalue weighted by Crippen LogP contribution is 2.30. The molecule has 0 spiro atoms. The number of thiocarbonyl (C=S) groups is 1. The van der Waals surface area contributed by atoms with Crippen LogP contribution in [0.5, 0.6) is 11.5 Å². The summed E-state index contributed by atoms with van der Waals surface area (Å²) in [6, 6.07) is 10.8. The molecule has 0 bridgehead atoms. The molecule has 1 heterocycles. The molecule has 1 fully saturated rings. The normalized spacial score (nSPS) is 13.6. The molecule has 130 valence electrons. The van der Waals surface area contributed by atoms with E-state index in [0.717, 1.165) is 36.5 Å². The SMILES string of the molecule is COc1cc(C(=S)N2CCCC2)ccc1OC(=O)c1ccccc1F. The molecule has 0 saturated carbocycles. The number of halogens is 1. The lowest BCUT2D eigenvalue weighted by molar-refractivity contribution is 0.0725. The third-order valence-electron chi connectivity index (χ3n) is 4.10. The fourth-order valence-electron chi connectivity index (χ4n) is 2.77. The number of benzene rings is 2. The number of hydrogen-bond acceptors (Lipinski definition) is 4. The number of carbonyl (C=O) groups is 1. The molecule has 0 N–H and O–H groups in total. The van der Waals surface area contributed by atoms with Gasteiger partial charge in [-0.1, -0.05) is 24.4 Å². The van der Waals surface area contributed by atoms with E-state index in [1.165, 1.54) is 25.3 Å². The van der Waals surface area contributed by atoms with Crippen molar-refractivity contribution in [2.24, 2.45) is 0 Å². The van der Waals surface area contributed by atoms with Gasteiger partial charge in [-0.15, -0.1) is 0 Å². The predicted octanol–water partition coefficient (Wildman–Crippen LogP) is 3.82. The summed E-state index contributed by atoms with van der Waals surface area (Å²) in [6.07, 6.45) is 2.27. The lowest BCUT2D eigenvalue weighted by Crippen LogP contribution is -2.26. The molecular formula is C19H18FNO3S. The Morgan fingerprint density at radius 2 is 1.84 bits per heavy atom. The van der Waals surface area contributed by atoms with Crippen LogP contribution in [0.1, 0.15) is 28.8 Å². The maximum Gasteiger partial charge on any atom is 0.346 e. The van der Waals surface area contributed by atoms with Gasteiger partial charge in [0.05, 0.1) is 12.7 Å². The summed E-state index contributed by atoms with van der Waals surface area (Å²) in [5, 5.41) is 0. The van der Waals surface area contributed by atoms with Gasteiger partial charge >= 0.3 is 5.97 Å². The van der Waals surface area contributed by atoms with Crippen LogP contribution in [0.25, 0.3) is 0 Å². The van der Waals surface area contributed by atoms with Gasteiger partial charge in [0.25, 0.3) is 0 Å². The third-order valence-corrected chi connectivity index (χ3v) is 4.59. The Morgan fingerprint density at radius 3 is 2.52 bits per heavy atom. The van der Waals surface area contributed by atoms with Crippen LogP contribution >= 0.6 is 12.2 Å². The van der Waals surface area contributed by atoms with Crippen molar-refractivity contribution >= 4 is 23.2 Å². The second-order valence-electron chi connectivity index (χ2n) is 5.73. The van der Waals surface area contributed by atoms with Crippen molar-refractivity contribution in [1.82, 2.24) is 4.90 Å². The van der Waals surface area contributed by atoms with E-state index in [1.54, 1.807) is 24.3 Å². The van der Waals surface area contributed by atoms with E-state index < -0.39 is 11.8 Å². The van der Waals surface area contributed by atoms with Crippen LogP contribution in [0.3, 0.4) is 0 Å². The van der Waals surface area contributed by atoms with E-state index in [-0.39, 0.29) is 11.3 Å². The van der Waals surface area contributed by atoms with Crippen molar-refractivity contribution in [1.29, 1.82) is 0 Å². The first kappa shape index (κ1) is 17.4. The minimum Gasteiger partial charge on any atom is -0.493 e. The molecule has 25 heavy (non-hydrogen) atoms. The topological polar surface area (TPSA) is 38.8 Å². The fraction of sp³-hybridized carbons (Fsp3) is 0.263. The van der Waals surface area contributed by atoms with Crippen molar-refractivity contribution in [2.75, 3.05) is 20.2 Å². The number of carbonyl (C=O) groups excluding carboxylic acids is 1. The zero-order valence-electron chi connectivity index (χ0n) is 13.8. The van der Waals surface area contributed by atoms with Gasteiger partial charge in [0.2, 0.25) is 0 Å². The smallest absolute Gasteiger partial charge is 0.346 e. The minimum atomic E-state index is -0.772. The van der Waals surface area contributed by atoms with Gasteiger partial charge in [-0.05, 0) is 43.2 Å². The van der Waals surface area contributed by atoms with Gasteiger partial charge in [-0.2, -0.15) is 0 Å². The fourth-order valence-corrected chi connectivity index (χ4v) is 3.08. The summed E-state index contributed by atoms with van der Waals surface area (Å²) in [5.41, 5.74) is 0.709. The molecule has 0 atom stereocenters. The van der Waals surface area contributed by atoms with E-state index in [1.807, 2.05) is 0 Å². The summed E-state index contributed by atoms with van der Waals surface area (Å²) in [7, 11) is 1.48. The maximum absolute atomic E-state index is 13.7. The van der Waals surface area contributed by atoms with E-state index in [9.17, 15) is 9.18 Å². The Kier molecular flexibility index (Phi) is 5.28. The molecule has 0 aromatic heterocycles. The Hall–Kier alpha value is -2.47. The molecular weight excluding hydrogens is 341 g/mol. The Bertz CT molecular complexity index is 803. The van der Waals surface area contributed by atoms with Gasteiger partial charge in [0, 0.05) is 18.7 Å². The molecule has 0 radical (unpaired) electrons. The maximum atomic E-state index is 13.7. The molecule has 4 nitrogen and oxygen atoms in total.